The van der Waals surface area contributed by atoms with Gasteiger partial charge in [-0.25, -0.2) is 0 Å². The molecule has 1 aliphatic rings. The van der Waals surface area contributed by atoms with Gasteiger partial charge in [0, 0.05) is 25.7 Å². The Balaban J connectivity index is 2.24. The second-order valence-electron chi connectivity index (χ2n) is 3.85. The van der Waals surface area contributed by atoms with Crippen LogP contribution in [0.4, 0.5) is 0 Å². The minimum absolute atomic E-state index is 0.273. The summed E-state index contributed by atoms with van der Waals surface area (Å²) >= 11 is 0. The highest BCUT2D eigenvalue weighted by molar-refractivity contribution is 4.80. The van der Waals surface area contributed by atoms with Crippen LogP contribution in [-0.2, 0) is 4.74 Å². The molecule has 1 aliphatic heterocycles. The Hall–Kier alpha value is -0.630. The lowest BCUT2D eigenvalue weighted by atomic mass is 10.2. The van der Waals surface area contributed by atoms with Crippen LogP contribution in [0.1, 0.15) is 13.3 Å². The van der Waals surface area contributed by atoms with Gasteiger partial charge in [0.25, 0.3) is 0 Å². The van der Waals surface area contributed by atoms with E-state index in [0.717, 1.165) is 26.2 Å². The molecule has 0 bridgehead atoms. The van der Waals surface area contributed by atoms with E-state index in [1.54, 1.807) is 0 Å². The van der Waals surface area contributed by atoms with Crippen molar-refractivity contribution in [2.24, 2.45) is 0 Å². The maximum Gasteiger partial charge on any atom is 0.0826 e. The summed E-state index contributed by atoms with van der Waals surface area (Å²) in [4.78, 5) is 2.18. The molecule has 0 aromatic carbocycles. The number of likely N-dealkylation sites (N-methyl/N-ethyl adjacent to an activating group) is 1. The van der Waals surface area contributed by atoms with Gasteiger partial charge in [-0.05, 0) is 14.0 Å². The predicted octanol–water partition coefficient (Wildman–Crippen LogP) is 0.209. The van der Waals surface area contributed by atoms with Crippen LogP contribution in [0.15, 0.2) is 0 Å². The highest BCUT2D eigenvalue weighted by Gasteiger charge is 2.17. The molecule has 2 unspecified atom stereocenters. The summed E-state index contributed by atoms with van der Waals surface area (Å²) in [7, 11) is 2.04. The summed E-state index contributed by atoms with van der Waals surface area (Å²) in [6.45, 7) is 5.64. The van der Waals surface area contributed by atoms with Crippen molar-refractivity contribution in [1.29, 1.82) is 5.26 Å². The molecule has 1 fully saturated rings. The van der Waals surface area contributed by atoms with Gasteiger partial charge in [0.05, 0.1) is 25.2 Å². The highest BCUT2D eigenvalue weighted by Crippen LogP contribution is 2.04. The number of hydrogen-bond donors (Lipinski definition) is 1. The zero-order valence-corrected chi connectivity index (χ0v) is 8.99. The van der Waals surface area contributed by atoms with Gasteiger partial charge in [0.15, 0.2) is 0 Å². The Morgan fingerprint density at radius 1 is 1.71 bits per heavy atom. The molecule has 14 heavy (non-hydrogen) atoms. The van der Waals surface area contributed by atoms with E-state index in [4.69, 9.17) is 10.00 Å². The van der Waals surface area contributed by atoms with Gasteiger partial charge in [0.1, 0.15) is 0 Å². The molecule has 0 aromatic rings. The third-order valence-electron chi connectivity index (χ3n) is 2.64. The number of hydrogen-bond acceptors (Lipinski definition) is 4. The largest absolute Gasteiger partial charge is 0.374 e. The molecule has 0 radical (unpaired) electrons. The topological polar surface area (TPSA) is 48.3 Å². The SMILES string of the molecule is CC(CC#N)N(C)CC1CNCCO1. The van der Waals surface area contributed by atoms with Crippen LogP contribution >= 0.6 is 0 Å². The summed E-state index contributed by atoms with van der Waals surface area (Å²) in [5.74, 6) is 0. The van der Waals surface area contributed by atoms with Crippen molar-refractivity contribution >= 4 is 0 Å². The fourth-order valence-corrected chi connectivity index (χ4v) is 1.53. The molecule has 0 aliphatic carbocycles. The number of nitrogens with one attached hydrogen (secondary N) is 1. The lowest BCUT2D eigenvalue weighted by Crippen LogP contribution is -2.46. The third kappa shape index (κ3) is 3.62. The van der Waals surface area contributed by atoms with Crippen LogP contribution in [0.3, 0.4) is 0 Å². The molecule has 4 nitrogen and oxygen atoms in total. The standard InChI is InChI=1S/C10H19N3O/c1-9(3-4-11)13(2)8-10-7-12-5-6-14-10/h9-10,12H,3,5-8H2,1-2H3. The first-order valence-electron chi connectivity index (χ1n) is 5.13. The van der Waals surface area contributed by atoms with Gasteiger partial charge in [-0.15, -0.1) is 0 Å². The number of nitriles is 1. The lowest BCUT2D eigenvalue weighted by Gasteiger charge is -2.30. The number of nitrogens with zero attached hydrogens (tertiary/aromatic N) is 2. The fraction of sp³-hybridized carbons (Fsp3) is 0.900. The second-order valence-corrected chi connectivity index (χ2v) is 3.85. The van der Waals surface area contributed by atoms with Gasteiger partial charge >= 0.3 is 0 Å². The Morgan fingerprint density at radius 3 is 3.07 bits per heavy atom. The minimum atomic E-state index is 0.273. The molecule has 2 atom stereocenters. The Kier molecular flexibility index (Phi) is 4.88. The molecule has 0 amide bonds. The quantitative estimate of drug-likeness (QED) is 0.700. The summed E-state index contributed by atoms with van der Waals surface area (Å²) in [6.07, 6.45) is 0.853. The van der Waals surface area contributed by atoms with Crippen LogP contribution in [0.5, 0.6) is 0 Å². The highest BCUT2D eigenvalue weighted by atomic mass is 16.5. The van der Waals surface area contributed by atoms with E-state index in [-0.39, 0.29) is 6.10 Å². The minimum Gasteiger partial charge on any atom is -0.374 e. The van der Waals surface area contributed by atoms with Crippen LogP contribution in [0.25, 0.3) is 0 Å². The van der Waals surface area contributed by atoms with Crippen molar-refractivity contribution in [3.8, 4) is 6.07 Å². The third-order valence-corrected chi connectivity index (χ3v) is 2.64. The molecule has 0 saturated carbocycles. The summed E-state index contributed by atoms with van der Waals surface area (Å²) in [5.41, 5.74) is 0. The first kappa shape index (κ1) is 11.4. The monoisotopic (exact) mass is 197 g/mol. The zero-order valence-electron chi connectivity index (χ0n) is 8.99. The summed E-state index contributed by atoms with van der Waals surface area (Å²) in [6, 6.07) is 2.50. The molecule has 1 rings (SSSR count). The summed E-state index contributed by atoms with van der Waals surface area (Å²) in [5, 5.41) is 11.9. The molecular formula is C10H19N3O. The van der Waals surface area contributed by atoms with Crippen LogP contribution in [0, 0.1) is 11.3 Å². The van der Waals surface area contributed by atoms with Crippen molar-refractivity contribution in [3.63, 3.8) is 0 Å². The van der Waals surface area contributed by atoms with E-state index >= 15 is 0 Å². The average molecular weight is 197 g/mol. The van der Waals surface area contributed by atoms with E-state index < -0.39 is 0 Å². The number of morpholine rings is 1. The first-order chi connectivity index (χ1) is 6.74. The van der Waals surface area contributed by atoms with Gasteiger partial charge in [-0.3, -0.25) is 0 Å². The molecule has 1 N–H and O–H groups in total. The maximum atomic E-state index is 8.57. The van der Waals surface area contributed by atoms with Gasteiger partial charge < -0.3 is 15.0 Å². The normalized spacial score (nSPS) is 24.6. The van der Waals surface area contributed by atoms with E-state index in [0.29, 0.717) is 12.5 Å². The van der Waals surface area contributed by atoms with Gasteiger partial charge in [-0.1, -0.05) is 0 Å². The predicted molar refractivity (Wildman–Crippen MR) is 54.9 cm³/mol. The smallest absolute Gasteiger partial charge is 0.0826 e. The van der Waals surface area contributed by atoms with Crippen molar-refractivity contribution in [3.05, 3.63) is 0 Å². The Bertz CT molecular complexity index is 196. The fourth-order valence-electron chi connectivity index (χ4n) is 1.53. The van der Waals surface area contributed by atoms with Gasteiger partial charge in [0.2, 0.25) is 0 Å². The molecule has 1 saturated heterocycles. The zero-order chi connectivity index (χ0) is 10.4. The van der Waals surface area contributed by atoms with E-state index in [1.807, 2.05) is 7.05 Å². The van der Waals surface area contributed by atoms with Crippen molar-refractivity contribution in [1.82, 2.24) is 10.2 Å². The van der Waals surface area contributed by atoms with Crippen molar-refractivity contribution in [2.45, 2.75) is 25.5 Å². The van der Waals surface area contributed by atoms with Crippen LogP contribution in [0.2, 0.25) is 0 Å². The first-order valence-corrected chi connectivity index (χ1v) is 5.13. The molecule has 4 heteroatoms. The van der Waals surface area contributed by atoms with Gasteiger partial charge in [-0.2, -0.15) is 5.26 Å². The van der Waals surface area contributed by atoms with Crippen LogP contribution < -0.4 is 5.32 Å². The summed E-state index contributed by atoms with van der Waals surface area (Å²) < 4.78 is 5.59. The van der Waals surface area contributed by atoms with E-state index in [2.05, 4.69) is 23.2 Å². The lowest BCUT2D eigenvalue weighted by molar-refractivity contribution is 0.00442. The van der Waals surface area contributed by atoms with Crippen LogP contribution in [-0.4, -0.2) is 50.3 Å². The average Bonchev–Trinajstić information content (AvgIpc) is 2.19. The molecule has 0 spiro atoms. The van der Waals surface area contributed by atoms with Crippen molar-refractivity contribution < 1.29 is 4.74 Å². The second kappa shape index (κ2) is 5.97. The van der Waals surface area contributed by atoms with Crippen molar-refractivity contribution in [2.75, 3.05) is 33.3 Å². The molecule has 80 valence electrons. The Labute approximate surface area is 85.8 Å². The molecule has 1 heterocycles. The Morgan fingerprint density at radius 2 is 2.50 bits per heavy atom. The molecular weight excluding hydrogens is 178 g/mol. The van der Waals surface area contributed by atoms with E-state index in [9.17, 15) is 0 Å². The number of rotatable bonds is 4. The maximum absolute atomic E-state index is 8.57. The van der Waals surface area contributed by atoms with E-state index in [1.165, 1.54) is 0 Å². The molecule has 0 aromatic heterocycles. The number of ether oxygens (including phenoxy) is 1.